The summed E-state index contributed by atoms with van der Waals surface area (Å²) in [6.45, 7) is 0. The van der Waals surface area contributed by atoms with E-state index in [9.17, 15) is 0 Å². The van der Waals surface area contributed by atoms with Crippen LogP contribution in [0.25, 0.3) is 22.4 Å². The van der Waals surface area contributed by atoms with Gasteiger partial charge in [-0.15, -0.1) is 0 Å². The fraction of sp³-hybridized carbons (Fsp3) is 0.200. The Kier molecular flexibility index (Phi) is 2.47. The first-order valence-corrected chi connectivity index (χ1v) is 7.00. The van der Waals surface area contributed by atoms with Crippen LogP contribution in [0.5, 0.6) is 0 Å². The van der Waals surface area contributed by atoms with Gasteiger partial charge in [-0.1, -0.05) is 17.7 Å². The van der Waals surface area contributed by atoms with E-state index in [4.69, 9.17) is 22.3 Å². The summed E-state index contributed by atoms with van der Waals surface area (Å²) >= 11 is 6.37. The summed E-state index contributed by atoms with van der Waals surface area (Å²) in [5.41, 5.74) is 9.52. The Labute approximate surface area is 121 Å². The monoisotopic (exact) mass is 284 g/mol. The summed E-state index contributed by atoms with van der Waals surface area (Å²) in [5.74, 6) is 0.885. The number of anilines is 1. The smallest absolute Gasteiger partial charge is 0.143 e. The number of nitrogens with zero attached hydrogens (tertiary/aromatic N) is 3. The van der Waals surface area contributed by atoms with Gasteiger partial charge in [-0.25, -0.2) is 4.98 Å². The van der Waals surface area contributed by atoms with Crippen LogP contribution in [0.15, 0.2) is 36.7 Å². The summed E-state index contributed by atoms with van der Waals surface area (Å²) in [6, 6.07) is 8.20. The summed E-state index contributed by atoms with van der Waals surface area (Å²) in [5, 5.41) is 0.737. The number of hydrogen-bond acceptors (Lipinski definition) is 3. The van der Waals surface area contributed by atoms with E-state index in [1.807, 2.05) is 24.3 Å². The van der Waals surface area contributed by atoms with Gasteiger partial charge >= 0.3 is 0 Å². The number of aromatic nitrogens is 3. The van der Waals surface area contributed by atoms with Crippen molar-refractivity contribution in [2.24, 2.45) is 0 Å². The molecule has 1 fully saturated rings. The number of benzene rings is 1. The average molecular weight is 285 g/mol. The van der Waals surface area contributed by atoms with Crippen LogP contribution in [-0.4, -0.2) is 14.5 Å². The standard InChI is InChI=1S/C15H13ClN4/c16-11-2-1-3-13-14(11)20(9-4-5-9)15(19-13)10-6-7-18-8-12(10)17/h1-3,6-9H,4-5,17H2. The number of hydrogen-bond donors (Lipinski definition) is 1. The summed E-state index contributed by atoms with van der Waals surface area (Å²) in [4.78, 5) is 8.78. The summed E-state index contributed by atoms with van der Waals surface area (Å²) in [7, 11) is 0. The Morgan fingerprint density at radius 2 is 2.10 bits per heavy atom. The van der Waals surface area contributed by atoms with Crippen molar-refractivity contribution < 1.29 is 0 Å². The van der Waals surface area contributed by atoms with Crippen molar-refractivity contribution in [2.45, 2.75) is 18.9 Å². The predicted octanol–water partition coefficient (Wildman–Crippen LogP) is 3.67. The zero-order valence-corrected chi connectivity index (χ0v) is 11.5. The molecule has 2 N–H and O–H groups in total. The molecular formula is C15H13ClN4. The molecule has 1 aliphatic rings. The van der Waals surface area contributed by atoms with Gasteiger partial charge in [0.05, 0.1) is 27.9 Å². The Bertz CT molecular complexity index is 805. The lowest BCUT2D eigenvalue weighted by atomic mass is 10.2. The van der Waals surface area contributed by atoms with Crippen LogP contribution in [-0.2, 0) is 0 Å². The lowest BCUT2D eigenvalue weighted by Gasteiger charge is -2.09. The Morgan fingerprint density at radius 3 is 2.85 bits per heavy atom. The molecule has 5 heteroatoms. The van der Waals surface area contributed by atoms with Gasteiger partial charge in [-0.05, 0) is 31.0 Å². The molecule has 0 bridgehead atoms. The van der Waals surface area contributed by atoms with E-state index in [2.05, 4.69) is 9.55 Å². The highest BCUT2D eigenvalue weighted by atomic mass is 35.5. The Hall–Kier alpha value is -2.07. The van der Waals surface area contributed by atoms with Crippen LogP contribution >= 0.6 is 11.6 Å². The highest BCUT2D eigenvalue weighted by Crippen LogP contribution is 2.43. The van der Waals surface area contributed by atoms with E-state index < -0.39 is 0 Å². The minimum Gasteiger partial charge on any atom is -0.397 e. The van der Waals surface area contributed by atoms with Crippen molar-refractivity contribution in [1.82, 2.24) is 14.5 Å². The third-order valence-corrected chi connectivity index (χ3v) is 3.97. The second-order valence-corrected chi connectivity index (χ2v) is 5.51. The fourth-order valence-electron chi connectivity index (χ4n) is 2.60. The maximum Gasteiger partial charge on any atom is 0.143 e. The molecule has 0 saturated heterocycles. The molecule has 1 saturated carbocycles. The molecule has 3 aromatic rings. The fourth-order valence-corrected chi connectivity index (χ4v) is 2.86. The minimum atomic E-state index is 0.475. The number of fused-ring (bicyclic) bond motifs is 1. The van der Waals surface area contributed by atoms with E-state index in [1.165, 1.54) is 0 Å². The third kappa shape index (κ3) is 1.68. The van der Waals surface area contributed by atoms with Gasteiger partial charge in [-0.2, -0.15) is 0 Å². The maximum atomic E-state index is 6.37. The molecule has 20 heavy (non-hydrogen) atoms. The quantitative estimate of drug-likeness (QED) is 0.781. The van der Waals surface area contributed by atoms with Gasteiger partial charge in [-0.3, -0.25) is 4.98 Å². The lowest BCUT2D eigenvalue weighted by Crippen LogP contribution is -2.00. The molecule has 0 amide bonds. The summed E-state index contributed by atoms with van der Waals surface area (Å²) < 4.78 is 2.23. The van der Waals surface area contributed by atoms with E-state index >= 15 is 0 Å². The molecular weight excluding hydrogens is 272 g/mol. The average Bonchev–Trinajstić information content (AvgIpc) is 3.20. The van der Waals surface area contributed by atoms with Crippen molar-refractivity contribution in [1.29, 1.82) is 0 Å². The first-order valence-electron chi connectivity index (χ1n) is 6.62. The van der Waals surface area contributed by atoms with Gasteiger partial charge in [0.1, 0.15) is 5.82 Å². The second-order valence-electron chi connectivity index (χ2n) is 5.11. The van der Waals surface area contributed by atoms with Crippen molar-refractivity contribution in [3.63, 3.8) is 0 Å². The number of nitrogens with two attached hydrogens (primary N) is 1. The molecule has 0 spiro atoms. The highest BCUT2D eigenvalue weighted by Gasteiger charge is 2.30. The van der Waals surface area contributed by atoms with Gasteiger partial charge in [0.15, 0.2) is 0 Å². The van der Waals surface area contributed by atoms with Crippen LogP contribution in [0.2, 0.25) is 5.02 Å². The maximum absolute atomic E-state index is 6.37. The first-order chi connectivity index (χ1) is 9.75. The van der Waals surface area contributed by atoms with Crippen LogP contribution in [0.3, 0.4) is 0 Å². The lowest BCUT2D eigenvalue weighted by molar-refractivity contribution is 0.775. The normalized spacial score (nSPS) is 14.8. The van der Waals surface area contributed by atoms with Gasteiger partial charge in [0, 0.05) is 17.8 Å². The van der Waals surface area contributed by atoms with E-state index in [-0.39, 0.29) is 0 Å². The van der Waals surface area contributed by atoms with E-state index in [0.29, 0.717) is 11.7 Å². The van der Waals surface area contributed by atoms with Gasteiger partial charge < -0.3 is 10.3 Å². The van der Waals surface area contributed by atoms with Crippen molar-refractivity contribution in [2.75, 3.05) is 5.73 Å². The summed E-state index contributed by atoms with van der Waals surface area (Å²) in [6.07, 6.45) is 5.72. The number of imidazole rings is 1. The molecule has 0 unspecified atom stereocenters. The molecule has 4 nitrogen and oxygen atoms in total. The zero-order chi connectivity index (χ0) is 13.7. The van der Waals surface area contributed by atoms with Crippen LogP contribution in [0.1, 0.15) is 18.9 Å². The minimum absolute atomic E-state index is 0.475. The molecule has 0 aliphatic heterocycles. The van der Waals surface area contributed by atoms with Crippen molar-refractivity contribution >= 4 is 28.3 Å². The van der Waals surface area contributed by atoms with E-state index in [1.54, 1.807) is 12.4 Å². The molecule has 4 rings (SSSR count). The van der Waals surface area contributed by atoms with Crippen LogP contribution in [0.4, 0.5) is 5.69 Å². The van der Waals surface area contributed by atoms with Crippen LogP contribution < -0.4 is 5.73 Å². The Balaban J connectivity index is 2.07. The first kappa shape index (κ1) is 11.7. The number of pyridine rings is 1. The third-order valence-electron chi connectivity index (χ3n) is 3.67. The number of para-hydroxylation sites is 1. The number of rotatable bonds is 2. The topological polar surface area (TPSA) is 56.7 Å². The molecule has 2 heterocycles. The molecule has 2 aromatic heterocycles. The highest BCUT2D eigenvalue weighted by molar-refractivity contribution is 6.35. The number of halogens is 1. The van der Waals surface area contributed by atoms with Crippen LogP contribution in [0, 0.1) is 0 Å². The largest absolute Gasteiger partial charge is 0.397 e. The predicted molar refractivity (Wildman–Crippen MR) is 80.7 cm³/mol. The second kappa shape index (κ2) is 4.21. The number of nitrogen functional groups attached to an aromatic ring is 1. The van der Waals surface area contributed by atoms with Gasteiger partial charge in [0.25, 0.3) is 0 Å². The molecule has 0 radical (unpaired) electrons. The zero-order valence-electron chi connectivity index (χ0n) is 10.8. The van der Waals surface area contributed by atoms with Gasteiger partial charge in [0.2, 0.25) is 0 Å². The van der Waals surface area contributed by atoms with Crippen molar-refractivity contribution in [3.8, 4) is 11.4 Å². The molecule has 1 aromatic carbocycles. The van der Waals surface area contributed by atoms with E-state index in [0.717, 1.165) is 40.3 Å². The molecule has 0 atom stereocenters. The van der Waals surface area contributed by atoms with Crippen molar-refractivity contribution in [3.05, 3.63) is 41.7 Å². The Morgan fingerprint density at radius 1 is 1.25 bits per heavy atom. The molecule has 1 aliphatic carbocycles. The molecule has 100 valence electrons. The SMILES string of the molecule is Nc1cnccc1-c1nc2cccc(Cl)c2n1C1CC1.